The Kier molecular flexibility index (Phi) is 3.42. The van der Waals surface area contributed by atoms with Gasteiger partial charge >= 0.3 is 0 Å². The van der Waals surface area contributed by atoms with E-state index in [-0.39, 0.29) is 0 Å². The number of allylic oxidation sites excluding steroid dienone is 1. The number of hydrogen-bond donors (Lipinski definition) is 1. The quantitative estimate of drug-likeness (QED) is 0.429. The molecular weight excluding hydrogens is 112 g/mol. The number of nitrogens with one attached hydrogen (secondary N) is 1. The topological polar surface area (TPSA) is 24.4 Å². The highest BCUT2D eigenvalue weighted by atomic mass is 35.5. The lowest BCUT2D eigenvalue weighted by Crippen LogP contribution is -1.97. The molecule has 0 aliphatic carbocycles. The van der Waals surface area contributed by atoms with Gasteiger partial charge < -0.3 is 0 Å². The average Bonchev–Trinajstić information content (AvgIpc) is 1.68. The minimum atomic E-state index is 0.789. The van der Waals surface area contributed by atoms with Crippen LogP contribution in [-0.4, -0.2) is 6.72 Å². The average molecular weight is 119 g/mol. The van der Waals surface area contributed by atoms with Gasteiger partial charge in [-0.25, -0.2) is 0 Å². The summed E-state index contributed by atoms with van der Waals surface area (Å²) >= 11 is 5.22. The lowest BCUT2D eigenvalue weighted by atomic mass is 10.6. The lowest BCUT2D eigenvalue weighted by Gasteiger charge is -1.91. The summed E-state index contributed by atoms with van der Waals surface area (Å²) in [6.45, 7) is 4.98. The van der Waals surface area contributed by atoms with Crippen LogP contribution in [0.4, 0.5) is 0 Å². The van der Waals surface area contributed by atoms with E-state index >= 15 is 0 Å². The standard InChI is InChI=1S/C4H7ClN2/c1-4(3-5)7-6-2/h3,7H,2H2,1H3/b4-3-. The predicted octanol–water partition coefficient (Wildman–Crippen LogP) is 1.29. The van der Waals surface area contributed by atoms with Gasteiger partial charge in [0.1, 0.15) is 0 Å². The molecular formula is C4H7ClN2. The second kappa shape index (κ2) is 3.68. The first kappa shape index (κ1) is 6.50. The Morgan fingerprint density at radius 1 is 2.00 bits per heavy atom. The van der Waals surface area contributed by atoms with E-state index < -0.39 is 0 Å². The molecule has 0 fully saturated rings. The molecule has 0 aliphatic heterocycles. The summed E-state index contributed by atoms with van der Waals surface area (Å²) in [6.07, 6.45) is 0. The fraction of sp³-hybridized carbons (Fsp3) is 0.250. The van der Waals surface area contributed by atoms with Crippen molar-refractivity contribution in [1.29, 1.82) is 0 Å². The number of nitrogens with zero attached hydrogens (tertiary/aromatic N) is 1. The van der Waals surface area contributed by atoms with E-state index in [1.54, 1.807) is 6.92 Å². The van der Waals surface area contributed by atoms with Gasteiger partial charge in [-0.1, -0.05) is 11.6 Å². The highest BCUT2D eigenvalue weighted by Crippen LogP contribution is 1.86. The van der Waals surface area contributed by atoms with Crippen molar-refractivity contribution in [3.8, 4) is 0 Å². The summed E-state index contributed by atoms with van der Waals surface area (Å²) in [5.41, 5.74) is 4.72. The van der Waals surface area contributed by atoms with Crippen molar-refractivity contribution in [2.75, 3.05) is 0 Å². The van der Waals surface area contributed by atoms with Crippen LogP contribution in [0.25, 0.3) is 0 Å². The molecule has 1 N–H and O–H groups in total. The van der Waals surface area contributed by atoms with Gasteiger partial charge in [-0.3, -0.25) is 5.43 Å². The molecule has 0 saturated heterocycles. The molecule has 0 spiro atoms. The van der Waals surface area contributed by atoms with Gasteiger partial charge in [0.2, 0.25) is 0 Å². The third-order valence-electron chi connectivity index (χ3n) is 0.419. The fourth-order valence-corrected chi connectivity index (χ4v) is 0.198. The number of hydrogen-bond acceptors (Lipinski definition) is 2. The van der Waals surface area contributed by atoms with Gasteiger partial charge in [-0.05, 0) is 6.92 Å². The summed E-state index contributed by atoms with van der Waals surface area (Å²) in [7, 11) is 0. The van der Waals surface area contributed by atoms with Gasteiger partial charge in [0.15, 0.2) is 0 Å². The first-order chi connectivity index (χ1) is 3.31. The van der Waals surface area contributed by atoms with Gasteiger partial charge in [-0.15, -0.1) is 0 Å². The maximum absolute atomic E-state index is 5.22. The Labute approximate surface area is 47.9 Å². The Bertz CT molecular complexity index is 87.7. The third kappa shape index (κ3) is 3.33. The Morgan fingerprint density at radius 2 is 2.57 bits per heavy atom. The van der Waals surface area contributed by atoms with Crippen LogP contribution in [-0.2, 0) is 0 Å². The fourth-order valence-electron chi connectivity index (χ4n) is 0.149. The Morgan fingerprint density at radius 3 is 2.71 bits per heavy atom. The second-order valence-electron chi connectivity index (χ2n) is 1.06. The molecule has 7 heavy (non-hydrogen) atoms. The van der Waals surface area contributed by atoms with E-state index in [1.165, 1.54) is 5.54 Å². The highest BCUT2D eigenvalue weighted by Gasteiger charge is 1.74. The van der Waals surface area contributed by atoms with E-state index in [2.05, 4.69) is 17.2 Å². The van der Waals surface area contributed by atoms with Crippen LogP contribution in [0.2, 0.25) is 0 Å². The minimum absolute atomic E-state index is 0.789. The zero-order valence-corrected chi connectivity index (χ0v) is 4.87. The predicted molar refractivity (Wildman–Crippen MR) is 32.3 cm³/mol. The van der Waals surface area contributed by atoms with Crippen LogP contribution in [0, 0.1) is 0 Å². The number of hydrazone groups is 1. The van der Waals surface area contributed by atoms with Crippen LogP contribution in [0.5, 0.6) is 0 Å². The molecule has 0 aromatic carbocycles. The van der Waals surface area contributed by atoms with E-state index in [9.17, 15) is 0 Å². The SMILES string of the molecule is C=NN/C(C)=C\Cl. The first-order valence-electron chi connectivity index (χ1n) is 1.80. The zero-order chi connectivity index (χ0) is 5.70. The van der Waals surface area contributed by atoms with Crippen LogP contribution in [0.3, 0.4) is 0 Å². The summed E-state index contributed by atoms with van der Waals surface area (Å²) in [5.74, 6) is 0. The second-order valence-corrected chi connectivity index (χ2v) is 1.28. The smallest absolute Gasteiger partial charge is 0.0417 e. The maximum Gasteiger partial charge on any atom is 0.0417 e. The Balaban J connectivity index is 3.36. The molecule has 0 aromatic rings. The normalized spacial score (nSPS) is 10.9. The molecule has 0 bridgehead atoms. The van der Waals surface area contributed by atoms with Crippen LogP contribution in [0.15, 0.2) is 16.3 Å². The highest BCUT2D eigenvalue weighted by molar-refractivity contribution is 6.25. The summed E-state index contributed by atoms with van der Waals surface area (Å²) < 4.78 is 0. The molecule has 0 amide bonds. The van der Waals surface area contributed by atoms with Crippen LogP contribution >= 0.6 is 11.6 Å². The molecule has 0 saturated carbocycles. The first-order valence-corrected chi connectivity index (χ1v) is 2.23. The van der Waals surface area contributed by atoms with Crippen molar-refractivity contribution in [1.82, 2.24) is 5.43 Å². The summed E-state index contributed by atoms with van der Waals surface area (Å²) in [5, 5.41) is 3.35. The van der Waals surface area contributed by atoms with E-state index in [0.29, 0.717) is 0 Å². The minimum Gasteiger partial charge on any atom is -0.283 e. The lowest BCUT2D eigenvalue weighted by molar-refractivity contribution is 0.901. The molecule has 0 aliphatic rings. The monoisotopic (exact) mass is 118 g/mol. The number of halogens is 1. The number of rotatable bonds is 2. The maximum atomic E-state index is 5.22. The van der Waals surface area contributed by atoms with Crippen molar-refractivity contribution in [2.45, 2.75) is 6.92 Å². The molecule has 0 radical (unpaired) electrons. The van der Waals surface area contributed by atoms with E-state index in [1.807, 2.05) is 0 Å². The zero-order valence-electron chi connectivity index (χ0n) is 4.11. The molecule has 0 heterocycles. The van der Waals surface area contributed by atoms with Gasteiger partial charge in [-0.2, -0.15) is 5.10 Å². The van der Waals surface area contributed by atoms with Gasteiger partial charge in [0, 0.05) is 17.9 Å². The molecule has 0 atom stereocenters. The molecule has 0 unspecified atom stereocenters. The largest absolute Gasteiger partial charge is 0.283 e. The van der Waals surface area contributed by atoms with E-state index in [0.717, 1.165) is 5.70 Å². The third-order valence-corrected chi connectivity index (χ3v) is 0.746. The van der Waals surface area contributed by atoms with Gasteiger partial charge in [0.05, 0.1) is 0 Å². The molecule has 40 valence electrons. The Hall–Kier alpha value is -0.500. The van der Waals surface area contributed by atoms with E-state index in [4.69, 9.17) is 11.6 Å². The van der Waals surface area contributed by atoms with Crippen molar-refractivity contribution in [2.24, 2.45) is 5.10 Å². The molecule has 0 rings (SSSR count). The van der Waals surface area contributed by atoms with Crippen LogP contribution in [0.1, 0.15) is 6.92 Å². The summed E-state index contributed by atoms with van der Waals surface area (Å²) in [4.78, 5) is 0. The van der Waals surface area contributed by atoms with Crippen molar-refractivity contribution in [3.63, 3.8) is 0 Å². The van der Waals surface area contributed by atoms with Gasteiger partial charge in [0.25, 0.3) is 0 Å². The summed E-state index contributed by atoms with van der Waals surface area (Å²) in [6, 6.07) is 0. The molecule has 2 nitrogen and oxygen atoms in total. The van der Waals surface area contributed by atoms with Crippen LogP contribution < -0.4 is 5.43 Å². The molecule has 3 heteroatoms. The van der Waals surface area contributed by atoms with Crippen molar-refractivity contribution in [3.05, 3.63) is 11.2 Å². The van der Waals surface area contributed by atoms with Crippen molar-refractivity contribution < 1.29 is 0 Å². The van der Waals surface area contributed by atoms with Crippen molar-refractivity contribution >= 4 is 18.3 Å². The molecule has 0 aromatic heterocycles.